The van der Waals surface area contributed by atoms with Crippen LogP contribution in [0.15, 0.2) is 17.2 Å². The molecule has 0 N–H and O–H groups in total. The second kappa shape index (κ2) is 5.47. The molecule has 0 radical (unpaired) electrons. The number of halogens is 2. The van der Waals surface area contributed by atoms with Crippen LogP contribution >= 0.6 is 11.6 Å². The summed E-state index contributed by atoms with van der Waals surface area (Å²) >= 11 is 6.08. The van der Waals surface area contributed by atoms with Crippen LogP contribution in [0.25, 0.3) is 10.4 Å². The van der Waals surface area contributed by atoms with Crippen LogP contribution in [-0.4, -0.2) is 19.0 Å². The van der Waals surface area contributed by atoms with E-state index in [2.05, 4.69) is 10.0 Å². The van der Waals surface area contributed by atoms with E-state index in [0.29, 0.717) is 12.1 Å². The summed E-state index contributed by atoms with van der Waals surface area (Å²) in [5.74, 6) is -0.822. The number of hydrogen-bond acceptors (Lipinski definition) is 2. The molecule has 19 heavy (non-hydrogen) atoms. The first-order chi connectivity index (χ1) is 9.04. The van der Waals surface area contributed by atoms with E-state index in [0.717, 1.165) is 0 Å². The first kappa shape index (κ1) is 13.6. The van der Waals surface area contributed by atoms with Crippen molar-refractivity contribution in [2.24, 2.45) is 11.0 Å². The monoisotopic (exact) mass is 282 g/mol. The van der Waals surface area contributed by atoms with Crippen molar-refractivity contribution in [2.45, 2.75) is 13.3 Å². The van der Waals surface area contributed by atoms with Gasteiger partial charge < -0.3 is 4.90 Å². The average Bonchev–Trinajstić information content (AvgIpc) is 2.73. The van der Waals surface area contributed by atoms with Crippen molar-refractivity contribution in [3.8, 4) is 0 Å². The third-order valence-corrected chi connectivity index (χ3v) is 3.62. The Morgan fingerprint density at radius 3 is 3.05 bits per heavy atom. The zero-order valence-electron chi connectivity index (χ0n) is 10.3. The van der Waals surface area contributed by atoms with Crippen LogP contribution in [-0.2, 0) is 4.79 Å². The number of aryl methyl sites for hydroxylation is 1. The fourth-order valence-electron chi connectivity index (χ4n) is 2.16. The van der Waals surface area contributed by atoms with Crippen molar-refractivity contribution >= 4 is 23.2 Å². The predicted molar refractivity (Wildman–Crippen MR) is 70.6 cm³/mol. The van der Waals surface area contributed by atoms with Gasteiger partial charge in [0.25, 0.3) is 0 Å². The molecule has 0 aliphatic carbocycles. The highest BCUT2D eigenvalue weighted by Gasteiger charge is 2.33. The molecule has 0 spiro atoms. The molecule has 1 fully saturated rings. The predicted octanol–water partition coefficient (Wildman–Crippen LogP) is 3.45. The number of hydrogen-bond donors (Lipinski definition) is 0. The van der Waals surface area contributed by atoms with Crippen LogP contribution in [0.1, 0.15) is 12.0 Å². The molecule has 0 bridgehead atoms. The molecule has 1 saturated heterocycles. The molecule has 5 nitrogen and oxygen atoms in total. The van der Waals surface area contributed by atoms with Crippen LogP contribution in [0.4, 0.5) is 10.1 Å². The van der Waals surface area contributed by atoms with Gasteiger partial charge in [-0.3, -0.25) is 4.79 Å². The van der Waals surface area contributed by atoms with Crippen molar-refractivity contribution in [3.63, 3.8) is 0 Å². The fraction of sp³-hybridized carbons (Fsp3) is 0.417. The van der Waals surface area contributed by atoms with Crippen LogP contribution in [0.3, 0.4) is 0 Å². The standard InChI is InChI=1S/C12H12ClFN4O/c1-7-2-3-9(14)12(11(7)13)18-6-8(4-10(18)19)5-16-17-15/h2-3,8H,4-6H2,1H3. The van der Waals surface area contributed by atoms with E-state index in [1.165, 1.54) is 11.0 Å². The van der Waals surface area contributed by atoms with Gasteiger partial charge in [0, 0.05) is 24.4 Å². The van der Waals surface area contributed by atoms with Gasteiger partial charge in [-0.1, -0.05) is 22.8 Å². The Balaban J connectivity index is 2.30. The molecular formula is C12H12ClFN4O. The highest BCUT2D eigenvalue weighted by atomic mass is 35.5. The SMILES string of the molecule is Cc1ccc(F)c(N2CC(CN=[N+]=[N-])CC2=O)c1Cl. The van der Waals surface area contributed by atoms with Crippen molar-refractivity contribution in [1.82, 2.24) is 0 Å². The van der Waals surface area contributed by atoms with Gasteiger partial charge in [0.2, 0.25) is 5.91 Å². The Kier molecular flexibility index (Phi) is 3.93. The topological polar surface area (TPSA) is 69.1 Å². The third kappa shape index (κ3) is 2.64. The summed E-state index contributed by atoms with van der Waals surface area (Å²) in [5.41, 5.74) is 9.11. The first-order valence-corrected chi connectivity index (χ1v) is 6.18. The van der Waals surface area contributed by atoms with Crippen molar-refractivity contribution < 1.29 is 9.18 Å². The summed E-state index contributed by atoms with van der Waals surface area (Å²) in [6.45, 7) is 2.30. The molecule has 1 aromatic rings. The zero-order valence-corrected chi connectivity index (χ0v) is 11.1. The molecule has 1 heterocycles. The Bertz CT molecular complexity index is 571. The van der Waals surface area contributed by atoms with Crippen molar-refractivity contribution in [3.05, 3.63) is 39.0 Å². The molecule has 100 valence electrons. The Hall–Kier alpha value is -1.78. The number of carbonyl (C=O) groups is 1. The van der Waals surface area contributed by atoms with Gasteiger partial charge in [-0.2, -0.15) is 0 Å². The minimum atomic E-state index is -0.520. The highest BCUT2D eigenvalue weighted by molar-refractivity contribution is 6.34. The molecule has 1 aliphatic rings. The highest BCUT2D eigenvalue weighted by Crippen LogP contribution is 2.35. The summed E-state index contributed by atoms with van der Waals surface area (Å²) in [6, 6.07) is 2.86. The van der Waals surface area contributed by atoms with Gasteiger partial charge >= 0.3 is 0 Å². The average molecular weight is 283 g/mol. The Morgan fingerprint density at radius 1 is 1.63 bits per heavy atom. The lowest BCUT2D eigenvalue weighted by atomic mass is 10.1. The van der Waals surface area contributed by atoms with Gasteiger partial charge in [0.1, 0.15) is 5.82 Å². The maximum absolute atomic E-state index is 13.9. The molecular weight excluding hydrogens is 271 g/mol. The van der Waals surface area contributed by atoms with E-state index in [9.17, 15) is 9.18 Å². The number of rotatable bonds is 3. The second-order valence-corrected chi connectivity index (χ2v) is 4.89. The molecule has 0 aromatic heterocycles. The van der Waals surface area contributed by atoms with E-state index in [1.807, 2.05) is 0 Å². The second-order valence-electron chi connectivity index (χ2n) is 4.51. The van der Waals surface area contributed by atoms with E-state index in [1.54, 1.807) is 13.0 Å². The summed E-state index contributed by atoms with van der Waals surface area (Å²) in [6.07, 6.45) is 0.239. The van der Waals surface area contributed by atoms with E-state index in [4.69, 9.17) is 17.1 Å². The lowest BCUT2D eigenvalue weighted by molar-refractivity contribution is -0.117. The molecule has 7 heteroatoms. The summed E-state index contributed by atoms with van der Waals surface area (Å²) in [5, 5.41) is 3.70. The van der Waals surface area contributed by atoms with Crippen molar-refractivity contribution in [2.75, 3.05) is 18.0 Å². The maximum Gasteiger partial charge on any atom is 0.227 e. The molecule has 2 rings (SSSR count). The molecule has 1 amide bonds. The largest absolute Gasteiger partial charge is 0.308 e. The smallest absolute Gasteiger partial charge is 0.227 e. The lowest BCUT2D eigenvalue weighted by Crippen LogP contribution is -2.26. The first-order valence-electron chi connectivity index (χ1n) is 5.80. The quantitative estimate of drug-likeness (QED) is 0.475. The van der Waals surface area contributed by atoms with Gasteiger partial charge in [0.05, 0.1) is 10.7 Å². The molecule has 1 aromatic carbocycles. The summed E-state index contributed by atoms with van der Waals surface area (Å²) < 4.78 is 13.9. The van der Waals surface area contributed by atoms with Crippen LogP contribution in [0.2, 0.25) is 5.02 Å². The normalized spacial score (nSPS) is 18.6. The minimum absolute atomic E-state index is 0.0978. The molecule has 0 saturated carbocycles. The lowest BCUT2D eigenvalue weighted by Gasteiger charge is -2.19. The third-order valence-electron chi connectivity index (χ3n) is 3.14. The van der Waals surface area contributed by atoms with Gasteiger partial charge in [-0.15, -0.1) is 0 Å². The summed E-state index contributed by atoms with van der Waals surface area (Å²) in [4.78, 5) is 15.9. The maximum atomic E-state index is 13.9. The Morgan fingerprint density at radius 2 is 2.37 bits per heavy atom. The van der Waals surface area contributed by atoms with Crippen LogP contribution < -0.4 is 4.90 Å². The minimum Gasteiger partial charge on any atom is -0.308 e. The summed E-state index contributed by atoms with van der Waals surface area (Å²) in [7, 11) is 0. The van der Waals surface area contributed by atoms with Gasteiger partial charge in [-0.25, -0.2) is 4.39 Å². The van der Waals surface area contributed by atoms with E-state index < -0.39 is 5.82 Å². The zero-order chi connectivity index (χ0) is 14.0. The number of nitrogens with zero attached hydrogens (tertiary/aromatic N) is 4. The fourth-order valence-corrected chi connectivity index (χ4v) is 2.42. The number of benzene rings is 1. The van der Waals surface area contributed by atoms with Crippen molar-refractivity contribution in [1.29, 1.82) is 0 Å². The molecule has 1 atom stereocenters. The number of carbonyl (C=O) groups excluding carboxylic acids is 1. The number of azide groups is 1. The molecule has 1 aliphatic heterocycles. The van der Waals surface area contributed by atoms with Gasteiger partial charge in [0.15, 0.2) is 0 Å². The van der Waals surface area contributed by atoms with Crippen LogP contribution in [0, 0.1) is 18.7 Å². The van der Waals surface area contributed by atoms with Crippen LogP contribution in [0.5, 0.6) is 0 Å². The molecule has 1 unspecified atom stereocenters. The van der Waals surface area contributed by atoms with Gasteiger partial charge in [-0.05, 0) is 30.0 Å². The number of anilines is 1. The number of amides is 1. The van der Waals surface area contributed by atoms with E-state index >= 15 is 0 Å². The van der Waals surface area contributed by atoms with E-state index in [-0.39, 0.29) is 35.5 Å². The Labute approximate surface area is 114 Å².